The molecule has 0 radical (unpaired) electrons. The van der Waals surface area contributed by atoms with Crippen LogP contribution in [-0.4, -0.2) is 23.9 Å². The van der Waals surface area contributed by atoms with E-state index in [-0.39, 0.29) is 0 Å². The number of halogens is 1. The molecule has 0 N–H and O–H groups in total. The Bertz CT molecular complexity index is 398. The molecule has 0 aliphatic heterocycles. The second-order valence-corrected chi connectivity index (χ2v) is 3.08. The van der Waals surface area contributed by atoms with Gasteiger partial charge in [-0.1, -0.05) is 18.5 Å². The summed E-state index contributed by atoms with van der Waals surface area (Å²) in [7, 11) is 0. The smallest absolute Gasteiger partial charge is 0.155 e. The number of amidine groups is 1. The highest BCUT2D eigenvalue weighted by atomic mass is 35.5. The monoisotopic (exact) mass is 222 g/mol. The number of rotatable bonds is 3. The molecule has 1 rings (SSSR count). The van der Waals surface area contributed by atoms with Crippen LogP contribution in [-0.2, 0) is 0 Å². The van der Waals surface area contributed by atoms with Gasteiger partial charge in [0.25, 0.3) is 0 Å². The van der Waals surface area contributed by atoms with Crippen LogP contribution in [0.4, 0.5) is 5.82 Å². The number of aromatic nitrogens is 1. The zero-order valence-electron chi connectivity index (χ0n) is 8.39. The Hall–Kier alpha value is -1.55. The first-order valence-corrected chi connectivity index (χ1v) is 4.81. The Morgan fingerprint density at radius 1 is 1.67 bits per heavy atom. The third kappa shape index (κ3) is 3.99. The van der Waals surface area contributed by atoms with E-state index >= 15 is 0 Å². The Kier molecular flexibility index (Phi) is 4.63. The minimum absolute atomic E-state index is 0.542. The number of hydrogen-bond acceptors (Lipinski definition) is 2. The van der Waals surface area contributed by atoms with Crippen LogP contribution in [0.15, 0.2) is 33.3 Å². The summed E-state index contributed by atoms with van der Waals surface area (Å²) in [6.07, 6.45) is 3.65. The minimum atomic E-state index is 0.542. The van der Waals surface area contributed by atoms with Crippen LogP contribution < -0.4 is 0 Å². The summed E-state index contributed by atoms with van der Waals surface area (Å²) in [4.78, 5) is 15.8. The predicted octanol–water partition coefficient (Wildman–Crippen LogP) is 2.90. The lowest BCUT2D eigenvalue weighted by atomic mass is 10.4. The van der Waals surface area contributed by atoms with E-state index in [4.69, 9.17) is 11.6 Å². The summed E-state index contributed by atoms with van der Waals surface area (Å²) in [5.74, 6) is 1.18. The molecule has 15 heavy (non-hydrogen) atoms. The molecule has 1 heterocycles. The molecule has 0 aliphatic carbocycles. The first-order valence-electron chi connectivity index (χ1n) is 4.43. The second kappa shape index (κ2) is 6.03. The quantitative estimate of drug-likeness (QED) is 0.573. The Labute approximate surface area is 93.5 Å². The zero-order valence-corrected chi connectivity index (χ0v) is 9.15. The van der Waals surface area contributed by atoms with Crippen molar-refractivity contribution in [3.63, 3.8) is 0 Å². The van der Waals surface area contributed by atoms with E-state index in [1.807, 2.05) is 6.92 Å². The molecular formula is C10H11ClN4. The normalized spacial score (nSPS) is 12.0. The highest BCUT2D eigenvalue weighted by Gasteiger charge is 1.95. The maximum Gasteiger partial charge on any atom is 0.155 e. The van der Waals surface area contributed by atoms with E-state index in [9.17, 15) is 0 Å². The summed E-state index contributed by atoms with van der Waals surface area (Å²) in [5, 5.41) is 0.602. The largest absolute Gasteiger partial charge is 0.253 e. The molecule has 0 spiro atoms. The lowest BCUT2D eigenvalue weighted by molar-refractivity contribution is 1.20. The highest BCUT2D eigenvalue weighted by Crippen LogP contribution is 2.15. The minimum Gasteiger partial charge on any atom is -0.253 e. The SMILES string of the molecule is C=NC=NC(CC)=Nc1cc(Cl)ccn1. The Morgan fingerprint density at radius 2 is 2.47 bits per heavy atom. The van der Waals surface area contributed by atoms with Gasteiger partial charge in [0.2, 0.25) is 0 Å². The van der Waals surface area contributed by atoms with E-state index in [1.54, 1.807) is 18.3 Å². The van der Waals surface area contributed by atoms with Crippen molar-refractivity contribution in [3.8, 4) is 0 Å². The third-order valence-electron chi connectivity index (χ3n) is 1.56. The van der Waals surface area contributed by atoms with Crippen LogP contribution in [0.3, 0.4) is 0 Å². The van der Waals surface area contributed by atoms with E-state index < -0.39 is 0 Å². The van der Waals surface area contributed by atoms with Crippen molar-refractivity contribution < 1.29 is 0 Å². The van der Waals surface area contributed by atoms with E-state index in [1.165, 1.54) is 6.34 Å². The van der Waals surface area contributed by atoms with E-state index in [0.29, 0.717) is 23.1 Å². The summed E-state index contributed by atoms with van der Waals surface area (Å²) in [6, 6.07) is 3.37. The molecule has 0 fully saturated rings. The molecule has 1 aromatic heterocycles. The molecule has 0 aliphatic rings. The van der Waals surface area contributed by atoms with Gasteiger partial charge in [-0.2, -0.15) is 0 Å². The van der Waals surface area contributed by atoms with Gasteiger partial charge in [-0.15, -0.1) is 0 Å². The molecule has 0 unspecified atom stereocenters. The first kappa shape index (κ1) is 11.5. The molecule has 0 saturated carbocycles. The maximum absolute atomic E-state index is 5.80. The van der Waals surface area contributed by atoms with Crippen molar-refractivity contribution in [3.05, 3.63) is 23.4 Å². The molecule has 4 nitrogen and oxygen atoms in total. The second-order valence-electron chi connectivity index (χ2n) is 2.64. The van der Waals surface area contributed by atoms with Gasteiger partial charge < -0.3 is 0 Å². The van der Waals surface area contributed by atoms with Gasteiger partial charge in [-0.25, -0.2) is 15.0 Å². The average molecular weight is 223 g/mol. The lowest BCUT2D eigenvalue weighted by Gasteiger charge is -1.96. The number of nitrogens with zero attached hydrogens (tertiary/aromatic N) is 4. The first-order chi connectivity index (χ1) is 7.26. The van der Waals surface area contributed by atoms with Crippen molar-refractivity contribution in [2.24, 2.45) is 15.0 Å². The molecule has 0 saturated heterocycles. The van der Waals surface area contributed by atoms with Crippen LogP contribution in [0, 0.1) is 0 Å². The summed E-state index contributed by atoms with van der Waals surface area (Å²) < 4.78 is 0. The summed E-state index contributed by atoms with van der Waals surface area (Å²) in [6.45, 7) is 5.25. The Morgan fingerprint density at radius 3 is 3.07 bits per heavy atom. The fraction of sp³-hybridized carbons (Fsp3) is 0.200. The van der Waals surface area contributed by atoms with Gasteiger partial charge in [0, 0.05) is 23.7 Å². The Balaban J connectivity index is 2.92. The predicted molar refractivity (Wildman–Crippen MR) is 64.7 cm³/mol. The standard InChI is InChI=1S/C10H11ClN4/c1-3-9(14-7-12-2)15-10-6-8(11)4-5-13-10/h4-7H,2-3H2,1H3. The van der Waals surface area contributed by atoms with Crippen LogP contribution in [0.25, 0.3) is 0 Å². The van der Waals surface area contributed by atoms with Gasteiger partial charge in [0.1, 0.15) is 12.2 Å². The molecule has 78 valence electrons. The summed E-state index contributed by atoms with van der Waals surface area (Å²) >= 11 is 5.80. The van der Waals surface area contributed by atoms with E-state index in [0.717, 1.165) is 0 Å². The molecule has 0 aromatic carbocycles. The topological polar surface area (TPSA) is 50.0 Å². The van der Waals surface area contributed by atoms with E-state index in [2.05, 4.69) is 26.7 Å². The van der Waals surface area contributed by atoms with Gasteiger partial charge >= 0.3 is 0 Å². The van der Waals surface area contributed by atoms with Gasteiger partial charge in [-0.05, 0) is 12.8 Å². The molecular weight excluding hydrogens is 212 g/mol. The fourth-order valence-electron chi connectivity index (χ4n) is 0.894. The number of pyridine rings is 1. The molecule has 5 heteroatoms. The fourth-order valence-corrected chi connectivity index (χ4v) is 1.05. The van der Waals surface area contributed by atoms with Gasteiger partial charge in [0.15, 0.2) is 5.82 Å². The molecule has 1 aromatic rings. The van der Waals surface area contributed by atoms with Crippen molar-refractivity contribution in [1.82, 2.24) is 4.98 Å². The highest BCUT2D eigenvalue weighted by molar-refractivity contribution is 6.30. The lowest BCUT2D eigenvalue weighted by Crippen LogP contribution is -1.91. The number of aliphatic imine (C=N–C) groups is 3. The molecule has 0 amide bonds. The zero-order chi connectivity index (χ0) is 11.1. The van der Waals surface area contributed by atoms with Gasteiger partial charge in [-0.3, -0.25) is 4.99 Å². The van der Waals surface area contributed by atoms with Crippen molar-refractivity contribution in [1.29, 1.82) is 0 Å². The van der Waals surface area contributed by atoms with Crippen molar-refractivity contribution in [2.75, 3.05) is 0 Å². The van der Waals surface area contributed by atoms with Crippen LogP contribution in [0.2, 0.25) is 5.02 Å². The maximum atomic E-state index is 5.80. The number of hydrogen-bond donors (Lipinski definition) is 0. The third-order valence-corrected chi connectivity index (χ3v) is 1.79. The van der Waals surface area contributed by atoms with Crippen LogP contribution in [0.1, 0.15) is 13.3 Å². The molecule has 0 bridgehead atoms. The summed E-state index contributed by atoms with van der Waals surface area (Å²) in [5.41, 5.74) is 0. The van der Waals surface area contributed by atoms with Crippen molar-refractivity contribution >= 4 is 36.3 Å². The van der Waals surface area contributed by atoms with Crippen LogP contribution >= 0.6 is 11.6 Å². The average Bonchev–Trinajstić information content (AvgIpc) is 2.24. The van der Waals surface area contributed by atoms with Gasteiger partial charge in [0.05, 0.1) is 0 Å². The van der Waals surface area contributed by atoms with Crippen molar-refractivity contribution in [2.45, 2.75) is 13.3 Å². The molecule has 0 atom stereocenters. The van der Waals surface area contributed by atoms with Crippen LogP contribution in [0.5, 0.6) is 0 Å².